The van der Waals surface area contributed by atoms with E-state index in [0.717, 1.165) is 10.5 Å². The highest BCUT2D eigenvalue weighted by Crippen LogP contribution is 2.39. The molecule has 0 aromatic rings. The van der Waals surface area contributed by atoms with Gasteiger partial charge in [0.25, 0.3) is 0 Å². The average molecular weight is 235 g/mol. The third-order valence-corrected chi connectivity index (χ3v) is 3.10. The van der Waals surface area contributed by atoms with Crippen LogP contribution >= 0.6 is 11.9 Å². The molecule has 0 N–H and O–H groups in total. The lowest BCUT2D eigenvalue weighted by Crippen LogP contribution is -1.95. The Morgan fingerprint density at radius 2 is 2.06 bits per heavy atom. The standard InChI is InChI=1S/C13H17NOS/c1-5-9-10-11(6-2)13-14(15-13)16-12(7-3)8-4/h5-10,13H,2-3H2,1,4H3/b9-5-,11-10+,12-8+. The van der Waals surface area contributed by atoms with Crippen molar-refractivity contribution in [2.24, 2.45) is 0 Å². The SMILES string of the molecule is C=C/C(=C\C)SN1OC1/C(C=C)=C/C=C\C. The van der Waals surface area contributed by atoms with Crippen LogP contribution < -0.4 is 0 Å². The fourth-order valence-electron chi connectivity index (χ4n) is 1.09. The van der Waals surface area contributed by atoms with Crippen LogP contribution in [0, 0.1) is 0 Å². The van der Waals surface area contributed by atoms with Crippen molar-refractivity contribution in [1.29, 1.82) is 0 Å². The Labute approximate surface area is 102 Å². The minimum Gasteiger partial charge on any atom is -0.258 e. The molecule has 1 heterocycles. The van der Waals surface area contributed by atoms with Gasteiger partial charge in [0.2, 0.25) is 0 Å². The number of allylic oxidation sites excluding steroid dienone is 5. The van der Waals surface area contributed by atoms with Crippen LogP contribution in [0.5, 0.6) is 0 Å². The predicted molar refractivity (Wildman–Crippen MR) is 71.4 cm³/mol. The monoisotopic (exact) mass is 235 g/mol. The van der Waals surface area contributed by atoms with Crippen molar-refractivity contribution in [3.63, 3.8) is 0 Å². The van der Waals surface area contributed by atoms with Crippen LogP contribution in [-0.2, 0) is 4.84 Å². The van der Waals surface area contributed by atoms with E-state index in [9.17, 15) is 0 Å². The molecule has 1 aliphatic heterocycles. The summed E-state index contributed by atoms with van der Waals surface area (Å²) in [6, 6.07) is 0. The summed E-state index contributed by atoms with van der Waals surface area (Å²) >= 11 is 1.54. The second-order valence-electron chi connectivity index (χ2n) is 3.13. The highest BCUT2D eigenvalue weighted by atomic mass is 32.2. The molecule has 2 unspecified atom stereocenters. The lowest BCUT2D eigenvalue weighted by atomic mass is 10.2. The molecule has 0 spiro atoms. The van der Waals surface area contributed by atoms with Gasteiger partial charge in [-0.25, -0.2) is 0 Å². The zero-order chi connectivity index (χ0) is 12.0. The second kappa shape index (κ2) is 6.53. The van der Waals surface area contributed by atoms with Gasteiger partial charge >= 0.3 is 0 Å². The molecule has 0 radical (unpaired) electrons. The average Bonchev–Trinajstić information content (AvgIpc) is 3.06. The smallest absolute Gasteiger partial charge is 0.192 e. The molecule has 0 amide bonds. The van der Waals surface area contributed by atoms with Crippen LogP contribution in [0.15, 0.2) is 60.1 Å². The number of hydrogen-bond acceptors (Lipinski definition) is 3. The Balaban J connectivity index is 2.55. The summed E-state index contributed by atoms with van der Waals surface area (Å²) in [7, 11) is 0. The van der Waals surface area contributed by atoms with E-state index < -0.39 is 0 Å². The summed E-state index contributed by atoms with van der Waals surface area (Å²) in [5.41, 5.74) is 1.06. The van der Waals surface area contributed by atoms with Gasteiger partial charge in [0, 0.05) is 10.5 Å². The molecule has 1 fully saturated rings. The third kappa shape index (κ3) is 3.52. The van der Waals surface area contributed by atoms with E-state index in [0.29, 0.717) is 0 Å². The molecule has 2 nitrogen and oxygen atoms in total. The molecule has 0 saturated carbocycles. The van der Waals surface area contributed by atoms with Crippen LogP contribution in [-0.4, -0.2) is 10.7 Å². The van der Waals surface area contributed by atoms with Crippen molar-refractivity contribution in [2.75, 3.05) is 0 Å². The van der Waals surface area contributed by atoms with Crippen molar-refractivity contribution in [3.05, 3.63) is 60.1 Å². The first-order valence-corrected chi connectivity index (χ1v) is 5.92. The first-order valence-electron chi connectivity index (χ1n) is 5.14. The van der Waals surface area contributed by atoms with Crippen molar-refractivity contribution < 1.29 is 4.84 Å². The fourth-order valence-corrected chi connectivity index (χ4v) is 1.82. The maximum atomic E-state index is 5.44. The van der Waals surface area contributed by atoms with Gasteiger partial charge in [-0.15, -0.1) is 0 Å². The molecule has 3 heteroatoms. The van der Waals surface area contributed by atoms with Crippen molar-refractivity contribution in [2.45, 2.75) is 20.1 Å². The highest BCUT2D eigenvalue weighted by molar-refractivity contribution is 8.01. The van der Waals surface area contributed by atoms with Gasteiger partial charge in [-0.05, 0) is 25.8 Å². The van der Waals surface area contributed by atoms with Gasteiger partial charge in [-0.3, -0.25) is 4.84 Å². The fraction of sp³-hybridized carbons (Fsp3) is 0.231. The lowest BCUT2D eigenvalue weighted by Gasteiger charge is -1.98. The van der Waals surface area contributed by atoms with Crippen molar-refractivity contribution in [1.82, 2.24) is 4.47 Å². The number of rotatable bonds is 6. The summed E-state index contributed by atoms with van der Waals surface area (Å²) in [6.45, 7) is 11.5. The van der Waals surface area contributed by atoms with E-state index in [1.807, 2.05) is 54.8 Å². The lowest BCUT2D eigenvalue weighted by molar-refractivity contribution is 0.306. The minimum absolute atomic E-state index is 0.00796. The number of nitrogens with zero attached hydrogens (tertiary/aromatic N) is 1. The molecular formula is C13H17NOS. The third-order valence-electron chi connectivity index (χ3n) is 2.03. The van der Waals surface area contributed by atoms with Gasteiger partial charge in [-0.2, -0.15) is 0 Å². The zero-order valence-corrected chi connectivity index (χ0v) is 10.5. The van der Waals surface area contributed by atoms with E-state index in [1.54, 1.807) is 0 Å². The van der Waals surface area contributed by atoms with Crippen LogP contribution in [0.2, 0.25) is 0 Å². The molecule has 1 rings (SSSR count). The molecule has 2 atom stereocenters. The quantitative estimate of drug-likeness (QED) is 0.393. The number of hydrogen-bond donors (Lipinski definition) is 0. The van der Waals surface area contributed by atoms with Crippen molar-refractivity contribution >= 4 is 11.9 Å². The second-order valence-corrected chi connectivity index (χ2v) is 4.14. The van der Waals surface area contributed by atoms with E-state index in [1.165, 1.54) is 11.9 Å². The van der Waals surface area contributed by atoms with Gasteiger partial charge in [-0.1, -0.05) is 54.1 Å². The van der Waals surface area contributed by atoms with E-state index in [-0.39, 0.29) is 6.23 Å². The molecule has 0 bridgehead atoms. The molecule has 16 heavy (non-hydrogen) atoms. The van der Waals surface area contributed by atoms with Crippen LogP contribution in [0.3, 0.4) is 0 Å². The summed E-state index contributed by atoms with van der Waals surface area (Å²) in [4.78, 5) is 6.52. The molecule has 1 saturated heterocycles. The first kappa shape index (κ1) is 13.0. The molecule has 86 valence electrons. The molecule has 0 aliphatic carbocycles. The summed E-state index contributed by atoms with van der Waals surface area (Å²) in [5.74, 6) is 0. The first-order chi connectivity index (χ1) is 7.76. The maximum absolute atomic E-state index is 5.44. The van der Waals surface area contributed by atoms with E-state index in [4.69, 9.17) is 4.84 Å². The van der Waals surface area contributed by atoms with Crippen LogP contribution in [0.25, 0.3) is 0 Å². The Hall–Kier alpha value is -1.03. The van der Waals surface area contributed by atoms with Crippen molar-refractivity contribution in [3.8, 4) is 0 Å². The summed E-state index contributed by atoms with van der Waals surface area (Å²) < 4.78 is 1.83. The normalized spacial score (nSPS) is 25.9. The van der Waals surface area contributed by atoms with Gasteiger partial charge in [0.15, 0.2) is 6.23 Å². The highest BCUT2D eigenvalue weighted by Gasteiger charge is 2.39. The topological polar surface area (TPSA) is 15.5 Å². The minimum atomic E-state index is 0.00796. The summed E-state index contributed by atoms with van der Waals surface area (Å²) in [5, 5.41) is 0. The van der Waals surface area contributed by atoms with E-state index in [2.05, 4.69) is 13.2 Å². The molecule has 0 aromatic heterocycles. The Bertz CT molecular complexity index is 355. The van der Waals surface area contributed by atoms with Gasteiger partial charge in [0.05, 0.1) is 0 Å². The Morgan fingerprint density at radius 1 is 1.31 bits per heavy atom. The summed E-state index contributed by atoms with van der Waals surface area (Å²) in [6.07, 6.45) is 11.6. The molecule has 1 aliphatic rings. The Morgan fingerprint density at radius 3 is 2.56 bits per heavy atom. The van der Waals surface area contributed by atoms with E-state index >= 15 is 0 Å². The Kier molecular flexibility index (Phi) is 5.32. The predicted octanol–water partition coefficient (Wildman–Crippen LogP) is 3.99. The van der Waals surface area contributed by atoms with Gasteiger partial charge in [0.1, 0.15) is 0 Å². The maximum Gasteiger partial charge on any atom is 0.192 e. The zero-order valence-electron chi connectivity index (χ0n) is 9.72. The van der Waals surface area contributed by atoms with Gasteiger partial charge < -0.3 is 0 Å². The van der Waals surface area contributed by atoms with Crippen LogP contribution in [0.1, 0.15) is 13.8 Å². The number of hydroxylamine groups is 1. The molecular weight excluding hydrogens is 218 g/mol. The van der Waals surface area contributed by atoms with Crippen LogP contribution in [0.4, 0.5) is 0 Å². The largest absolute Gasteiger partial charge is 0.258 e. The molecule has 0 aromatic carbocycles.